The second-order valence-electron chi connectivity index (χ2n) is 10.6. The lowest BCUT2D eigenvalue weighted by Gasteiger charge is -2.25. The Hall–Kier alpha value is -4.76. The van der Waals surface area contributed by atoms with Crippen molar-refractivity contribution in [3.05, 3.63) is 132 Å². The standard InChI is InChI=1S/C34H31FN4O3S/c1-5-42-33(41)30-21(2)36-34-39(31(30)23-12-16-26(17-13-23)37(3)4)32(40)29(43-34)18-24-20-38(28-9-7-6-8-27(24)28)19-22-10-14-25(35)15-11-22/h6-18,20,31H,5,19H2,1-4H3/b29-18+/t31-/m0/s1. The largest absolute Gasteiger partial charge is 0.463 e. The van der Waals surface area contributed by atoms with Crippen LogP contribution >= 0.6 is 11.3 Å². The Balaban J connectivity index is 1.50. The number of anilines is 1. The van der Waals surface area contributed by atoms with E-state index in [1.807, 2.05) is 79.8 Å². The smallest absolute Gasteiger partial charge is 0.338 e. The molecule has 0 spiro atoms. The van der Waals surface area contributed by atoms with Gasteiger partial charge in [-0.2, -0.15) is 0 Å². The maximum absolute atomic E-state index is 14.1. The molecule has 0 unspecified atom stereocenters. The molecule has 0 aliphatic carbocycles. The van der Waals surface area contributed by atoms with Gasteiger partial charge in [-0.15, -0.1) is 0 Å². The highest BCUT2D eigenvalue weighted by Gasteiger charge is 2.33. The fourth-order valence-corrected chi connectivity index (χ4v) is 6.55. The maximum atomic E-state index is 14.1. The van der Waals surface area contributed by atoms with E-state index in [9.17, 15) is 14.0 Å². The van der Waals surface area contributed by atoms with E-state index < -0.39 is 12.0 Å². The monoisotopic (exact) mass is 594 g/mol. The van der Waals surface area contributed by atoms with E-state index in [1.54, 1.807) is 30.5 Å². The molecule has 0 amide bonds. The Labute approximate surface area is 252 Å². The normalized spacial score (nSPS) is 15.0. The van der Waals surface area contributed by atoms with Crippen molar-refractivity contribution in [2.75, 3.05) is 25.6 Å². The van der Waals surface area contributed by atoms with Gasteiger partial charge in [-0.1, -0.05) is 53.8 Å². The molecule has 1 atom stereocenters. The van der Waals surface area contributed by atoms with Crippen molar-refractivity contribution < 1.29 is 13.9 Å². The molecule has 9 heteroatoms. The topological polar surface area (TPSA) is 68.8 Å². The number of para-hydroxylation sites is 1. The van der Waals surface area contributed by atoms with Crippen molar-refractivity contribution in [2.24, 2.45) is 4.99 Å². The number of hydrogen-bond donors (Lipinski definition) is 0. The number of hydrogen-bond acceptors (Lipinski definition) is 6. The van der Waals surface area contributed by atoms with Gasteiger partial charge in [0.25, 0.3) is 5.56 Å². The molecule has 2 aromatic heterocycles. The van der Waals surface area contributed by atoms with Gasteiger partial charge in [0.05, 0.1) is 28.5 Å². The van der Waals surface area contributed by atoms with Crippen molar-refractivity contribution in [3.8, 4) is 0 Å². The fraction of sp³-hybridized carbons (Fsp3) is 0.206. The van der Waals surface area contributed by atoms with Gasteiger partial charge < -0.3 is 14.2 Å². The van der Waals surface area contributed by atoms with E-state index in [4.69, 9.17) is 9.73 Å². The number of nitrogens with zero attached hydrogens (tertiary/aromatic N) is 4. The lowest BCUT2D eigenvalue weighted by atomic mass is 9.95. The Morgan fingerprint density at radius 2 is 1.79 bits per heavy atom. The highest BCUT2D eigenvalue weighted by Crippen LogP contribution is 2.32. The predicted molar refractivity (Wildman–Crippen MR) is 169 cm³/mol. The number of carbonyl (C=O) groups is 1. The molecule has 7 nitrogen and oxygen atoms in total. The third kappa shape index (κ3) is 5.32. The first kappa shape index (κ1) is 28.4. The van der Waals surface area contributed by atoms with Crippen molar-refractivity contribution in [1.82, 2.24) is 9.13 Å². The number of halogens is 1. The lowest BCUT2D eigenvalue weighted by Crippen LogP contribution is -2.39. The summed E-state index contributed by atoms with van der Waals surface area (Å²) in [6, 6.07) is 21.6. The van der Waals surface area contributed by atoms with Gasteiger partial charge in [0.15, 0.2) is 4.80 Å². The minimum Gasteiger partial charge on any atom is -0.463 e. The van der Waals surface area contributed by atoms with E-state index in [1.165, 1.54) is 23.5 Å². The molecule has 0 N–H and O–H groups in total. The summed E-state index contributed by atoms with van der Waals surface area (Å²) in [5.41, 5.74) is 5.32. The van der Waals surface area contributed by atoms with E-state index in [0.717, 1.165) is 33.3 Å². The summed E-state index contributed by atoms with van der Waals surface area (Å²) in [6.07, 6.45) is 3.90. The van der Waals surface area contributed by atoms with Crippen LogP contribution in [-0.4, -0.2) is 35.8 Å². The van der Waals surface area contributed by atoms with Gasteiger partial charge in [-0.3, -0.25) is 9.36 Å². The van der Waals surface area contributed by atoms with Crippen LogP contribution in [0.3, 0.4) is 0 Å². The SMILES string of the molecule is CCOC(=O)C1=C(C)N=c2s/c(=C/c3cn(Cc4ccc(F)cc4)c4ccccc34)c(=O)n2[C@H]1c1ccc(N(C)C)cc1. The summed E-state index contributed by atoms with van der Waals surface area (Å²) in [6.45, 7) is 4.32. The first-order valence-electron chi connectivity index (χ1n) is 14.0. The second kappa shape index (κ2) is 11.5. The Morgan fingerprint density at radius 3 is 2.49 bits per heavy atom. The van der Waals surface area contributed by atoms with Gasteiger partial charge in [0.1, 0.15) is 5.82 Å². The van der Waals surface area contributed by atoms with E-state index in [0.29, 0.717) is 27.1 Å². The number of fused-ring (bicyclic) bond motifs is 2. The van der Waals surface area contributed by atoms with E-state index >= 15 is 0 Å². The maximum Gasteiger partial charge on any atom is 0.338 e. The molecular weight excluding hydrogens is 563 g/mol. The minimum absolute atomic E-state index is 0.217. The number of carbonyl (C=O) groups excluding carboxylic acids is 1. The van der Waals surface area contributed by atoms with Crippen LogP contribution in [-0.2, 0) is 16.1 Å². The Bertz CT molecular complexity index is 2050. The third-order valence-electron chi connectivity index (χ3n) is 7.61. The van der Waals surface area contributed by atoms with Crippen molar-refractivity contribution in [3.63, 3.8) is 0 Å². The predicted octanol–water partition coefficient (Wildman–Crippen LogP) is 5.01. The summed E-state index contributed by atoms with van der Waals surface area (Å²) in [4.78, 5) is 34.6. The van der Waals surface area contributed by atoms with Crippen molar-refractivity contribution in [2.45, 2.75) is 26.4 Å². The molecular formula is C34H31FN4O3S. The van der Waals surface area contributed by atoms with Crippen LogP contribution < -0.4 is 19.8 Å². The molecule has 0 saturated heterocycles. The average molecular weight is 595 g/mol. The molecule has 0 fully saturated rings. The Morgan fingerprint density at radius 1 is 1.07 bits per heavy atom. The van der Waals surface area contributed by atoms with Gasteiger partial charge in [0.2, 0.25) is 0 Å². The highest BCUT2D eigenvalue weighted by molar-refractivity contribution is 7.07. The van der Waals surface area contributed by atoms with Crippen LogP contribution in [0.1, 0.15) is 36.6 Å². The molecule has 6 rings (SSSR count). The molecule has 3 heterocycles. The number of thiazole rings is 1. The number of benzene rings is 3. The zero-order valence-electron chi connectivity index (χ0n) is 24.4. The van der Waals surface area contributed by atoms with Crippen LogP contribution in [0, 0.1) is 5.82 Å². The molecule has 3 aromatic carbocycles. The van der Waals surface area contributed by atoms with E-state index in [2.05, 4.69) is 4.57 Å². The third-order valence-corrected chi connectivity index (χ3v) is 8.60. The summed E-state index contributed by atoms with van der Waals surface area (Å²) < 4.78 is 23.1. The zero-order valence-corrected chi connectivity index (χ0v) is 25.2. The molecule has 1 aliphatic rings. The highest BCUT2D eigenvalue weighted by atomic mass is 32.1. The minimum atomic E-state index is -0.673. The Kier molecular flexibility index (Phi) is 7.58. The van der Waals surface area contributed by atoms with Gasteiger partial charge in [0, 0.05) is 49.0 Å². The summed E-state index contributed by atoms with van der Waals surface area (Å²) >= 11 is 1.30. The number of aromatic nitrogens is 2. The summed E-state index contributed by atoms with van der Waals surface area (Å²) in [5, 5.41) is 0.995. The number of esters is 1. The molecule has 5 aromatic rings. The van der Waals surface area contributed by atoms with Crippen molar-refractivity contribution >= 4 is 40.0 Å². The molecule has 218 valence electrons. The number of rotatable bonds is 7. The molecule has 43 heavy (non-hydrogen) atoms. The van der Waals surface area contributed by atoms with Crippen molar-refractivity contribution in [1.29, 1.82) is 0 Å². The molecule has 1 aliphatic heterocycles. The number of allylic oxidation sites excluding steroid dienone is 1. The average Bonchev–Trinajstić information content (AvgIpc) is 3.49. The van der Waals surface area contributed by atoms with Crippen LogP contribution in [0.15, 0.2) is 100 Å². The molecule has 0 saturated carbocycles. The van der Waals surface area contributed by atoms with Gasteiger partial charge in [-0.05, 0) is 61.4 Å². The fourth-order valence-electron chi connectivity index (χ4n) is 5.51. The first-order chi connectivity index (χ1) is 20.7. The molecule has 0 bridgehead atoms. The second-order valence-corrected chi connectivity index (χ2v) is 11.7. The zero-order chi connectivity index (χ0) is 30.2. The number of ether oxygens (including phenoxy) is 1. The van der Waals surface area contributed by atoms with Gasteiger partial charge in [-0.25, -0.2) is 14.2 Å². The van der Waals surface area contributed by atoms with Crippen LogP contribution in [0.25, 0.3) is 17.0 Å². The van der Waals surface area contributed by atoms with E-state index in [-0.39, 0.29) is 18.0 Å². The summed E-state index contributed by atoms with van der Waals surface area (Å²) in [7, 11) is 3.92. The van der Waals surface area contributed by atoms with Crippen LogP contribution in [0.5, 0.6) is 0 Å². The quantitative estimate of drug-likeness (QED) is 0.249. The van der Waals surface area contributed by atoms with Crippen LogP contribution in [0.4, 0.5) is 10.1 Å². The first-order valence-corrected chi connectivity index (χ1v) is 14.9. The lowest BCUT2D eigenvalue weighted by molar-refractivity contribution is -0.139. The van der Waals surface area contributed by atoms with Gasteiger partial charge >= 0.3 is 5.97 Å². The summed E-state index contributed by atoms with van der Waals surface area (Å²) in [5.74, 6) is -0.756. The van der Waals surface area contributed by atoms with Crippen LogP contribution in [0.2, 0.25) is 0 Å². The molecule has 0 radical (unpaired) electrons.